The summed E-state index contributed by atoms with van der Waals surface area (Å²) in [6, 6.07) is 12.4. The highest BCUT2D eigenvalue weighted by Crippen LogP contribution is 2.28. The predicted octanol–water partition coefficient (Wildman–Crippen LogP) is 3.49. The van der Waals surface area contributed by atoms with Crippen LogP contribution in [0.4, 0.5) is 5.82 Å². The van der Waals surface area contributed by atoms with Gasteiger partial charge in [0.1, 0.15) is 5.82 Å². The third kappa shape index (κ3) is 3.51. The Balaban J connectivity index is 1.67. The van der Waals surface area contributed by atoms with Gasteiger partial charge in [0.25, 0.3) is 0 Å². The van der Waals surface area contributed by atoms with E-state index in [1.807, 2.05) is 24.3 Å². The molecule has 3 aromatic rings. The lowest BCUT2D eigenvalue weighted by Gasteiger charge is -2.34. The molecule has 2 atom stereocenters. The number of nitrogens with one attached hydrogen (secondary N) is 1. The fourth-order valence-electron chi connectivity index (χ4n) is 3.12. The average Bonchev–Trinajstić information content (AvgIpc) is 3.16. The summed E-state index contributed by atoms with van der Waals surface area (Å²) in [6.45, 7) is 4.85. The number of hydrogen-bond acceptors (Lipinski definition) is 6. The molecule has 0 bridgehead atoms. The van der Waals surface area contributed by atoms with E-state index < -0.39 is 0 Å². The molecule has 2 unspecified atom stereocenters. The van der Waals surface area contributed by atoms with Gasteiger partial charge in [-0.2, -0.15) is 0 Å². The first-order chi connectivity index (χ1) is 12.2. The van der Waals surface area contributed by atoms with Gasteiger partial charge in [0.15, 0.2) is 5.82 Å². The number of morpholine rings is 1. The molecule has 4 rings (SSSR count). The molecule has 3 heterocycles. The van der Waals surface area contributed by atoms with E-state index >= 15 is 0 Å². The van der Waals surface area contributed by atoms with E-state index in [1.54, 1.807) is 11.3 Å². The minimum absolute atomic E-state index is 0.151. The first-order valence-electron chi connectivity index (χ1n) is 8.58. The molecule has 1 fully saturated rings. The molecule has 0 aliphatic carbocycles. The van der Waals surface area contributed by atoms with Crippen LogP contribution >= 0.6 is 11.3 Å². The quantitative estimate of drug-likeness (QED) is 0.777. The van der Waals surface area contributed by atoms with E-state index in [0.717, 1.165) is 47.1 Å². The zero-order chi connectivity index (χ0) is 17.2. The number of thiophene rings is 1. The maximum atomic E-state index is 5.95. The Kier molecular flexibility index (Phi) is 4.65. The van der Waals surface area contributed by atoms with Gasteiger partial charge < -0.3 is 15.0 Å². The SMILES string of the molecule is CC(Nc1nc(-c2cccs2)nc2ccccc12)C1CN(C)CCO1. The van der Waals surface area contributed by atoms with Crippen LogP contribution in [-0.2, 0) is 4.74 Å². The summed E-state index contributed by atoms with van der Waals surface area (Å²) >= 11 is 1.66. The normalized spacial score (nSPS) is 19.8. The second-order valence-corrected chi connectivity index (χ2v) is 7.44. The molecule has 1 N–H and O–H groups in total. The van der Waals surface area contributed by atoms with Crippen molar-refractivity contribution in [3.05, 3.63) is 41.8 Å². The van der Waals surface area contributed by atoms with E-state index in [9.17, 15) is 0 Å². The van der Waals surface area contributed by atoms with Crippen molar-refractivity contribution in [1.82, 2.24) is 14.9 Å². The highest BCUT2D eigenvalue weighted by atomic mass is 32.1. The molecule has 5 nitrogen and oxygen atoms in total. The highest BCUT2D eigenvalue weighted by molar-refractivity contribution is 7.13. The van der Waals surface area contributed by atoms with E-state index in [-0.39, 0.29) is 12.1 Å². The van der Waals surface area contributed by atoms with Crippen molar-refractivity contribution in [2.24, 2.45) is 0 Å². The second-order valence-electron chi connectivity index (χ2n) is 6.49. The number of benzene rings is 1. The maximum absolute atomic E-state index is 5.95. The fraction of sp³-hybridized carbons (Fsp3) is 0.368. The lowest BCUT2D eigenvalue weighted by Crippen LogP contribution is -2.47. The number of hydrogen-bond donors (Lipinski definition) is 1. The van der Waals surface area contributed by atoms with Gasteiger partial charge in [0.2, 0.25) is 0 Å². The molecule has 6 heteroatoms. The van der Waals surface area contributed by atoms with Crippen molar-refractivity contribution in [2.45, 2.75) is 19.1 Å². The van der Waals surface area contributed by atoms with E-state index in [2.05, 4.69) is 41.7 Å². The molecule has 1 aliphatic rings. The Hall–Kier alpha value is -2.02. The molecule has 130 valence electrons. The summed E-state index contributed by atoms with van der Waals surface area (Å²) in [5.41, 5.74) is 0.956. The zero-order valence-corrected chi connectivity index (χ0v) is 15.3. The molecule has 0 saturated carbocycles. The number of rotatable bonds is 4. The Morgan fingerprint density at radius 3 is 2.92 bits per heavy atom. The summed E-state index contributed by atoms with van der Waals surface area (Å²) in [5, 5.41) is 6.67. The Morgan fingerprint density at radius 2 is 2.12 bits per heavy atom. The number of para-hydroxylation sites is 1. The van der Waals surface area contributed by atoms with Crippen LogP contribution in [0.15, 0.2) is 41.8 Å². The minimum Gasteiger partial charge on any atom is -0.373 e. The lowest BCUT2D eigenvalue weighted by molar-refractivity contribution is -0.0259. The van der Waals surface area contributed by atoms with Gasteiger partial charge in [-0.1, -0.05) is 18.2 Å². The first kappa shape index (κ1) is 16.4. The van der Waals surface area contributed by atoms with Crippen molar-refractivity contribution in [3.8, 4) is 10.7 Å². The van der Waals surface area contributed by atoms with Crippen LogP contribution in [0.1, 0.15) is 6.92 Å². The Morgan fingerprint density at radius 1 is 1.24 bits per heavy atom. The first-order valence-corrected chi connectivity index (χ1v) is 9.46. The monoisotopic (exact) mass is 354 g/mol. The molecule has 0 spiro atoms. The standard InChI is InChI=1S/C19H22N4OS/c1-13(16-12-23(2)9-10-24-16)20-18-14-6-3-4-7-15(14)21-19(22-18)17-8-5-11-25-17/h3-8,11,13,16H,9-10,12H2,1-2H3,(H,20,21,22). The Labute approximate surface area is 151 Å². The van der Waals surface area contributed by atoms with Gasteiger partial charge in [0.05, 0.1) is 29.1 Å². The lowest BCUT2D eigenvalue weighted by atomic mass is 10.1. The summed E-state index contributed by atoms with van der Waals surface area (Å²) < 4.78 is 5.95. The number of anilines is 1. The third-order valence-corrected chi connectivity index (χ3v) is 5.43. The van der Waals surface area contributed by atoms with E-state index in [1.165, 1.54) is 0 Å². The average molecular weight is 354 g/mol. The molecule has 1 saturated heterocycles. The van der Waals surface area contributed by atoms with Crippen LogP contribution < -0.4 is 5.32 Å². The number of ether oxygens (including phenoxy) is 1. The second kappa shape index (κ2) is 7.07. The van der Waals surface area contributed by atoms with Crippen LogP contribution in [0.25, 0.3) is 21.6 Å². The summed E-state index contributed by atoms with van der Waals surface area (Å²) in [5.74, 6) is 1.64. The number of likely N-dealkylation sites (N-methyl/N-ethyl adjacent to an activating group) is 1. The van der Waals surface area contributed by atoms with Gasteiger partial charge in [-0.05, 0) is 37.6 Å². The van der Waals surface area contributed by atoms with Crippen LogP contribution in [0.2, 0.25) is 0 Å². The van der Waals surface area contributed by atoms with Crippen molar-refractivity contribution >= 4 is 28.1 Å². The summed E-state index contributed by atoms with van der Waals surface area (Å²) in [6.07, 6.45) is 0.151. The van der Waals surface area contributed by atoms with Crippen LogP contribution in [0, 0.1) is 0 Å². The highest BCUT2D eigenvalue weighted by Gasteiger charge is 2.24. The maximum Gasteiger partial charge on any atom is 0.172 e. The van der Waals surface area contributed by atoms with E-state index in [4.69, 9.17) is 14.7 Å². The molecular weight excluding hydrogens is 332 g/mol. The van der Waals surface area contributed by atoms with E-state index in [0.29, 0.717) is 0 Å². The van der Waals surface area contributed by atoms with Crippen molar-refractivity contribution in [1.29, 1.82) is 0 Å². The summed E-state index contributed by atoms with van der Waals surface area (Å²) in [7, 11) is 2.14. The van der Waals surface area contributed by atoms with Crippen molar-refractivity contribution in [3.63, 3.8) is 0 Å². The molecular formula is C19H22N4OS. The van der Waals surface area contributed by atoms with Crippen molar-refractivity contribution < 1.29 is 4.74 Å². The Bertz CT molecular complexity index is 852. The molecule has 0 radical (unpaired) electrons. The minimum atomic E-state index is 0.151. The van der Waals surface area contributed by atoms with Crippen LogP contribution in [0.5, 0.6) is 0 Å². The van der Waals surface area contributed by atoms with Gasteiger partial charge in [-0.15, -0.1) is 11.3 Å². The van der Waals surface area contributed by atoms with Crippen LogP contribution in [0.3, 0.4) is 0 Å². The van der Waals surface area contributed by atoms with Gasteiger partial charge in [0, 0.05) is 18.5 Å². The van der Waals surface area contributed by atoms with Crippen LogP contribution in [-0.4, -0.2) is 53.8 Å². The van der Waals surface area contributed by atoms with Crippen molar-refractivity contribution in [2.75, 3.05) is 32.1 Å². The topological polar surface area (TPSA) is 50.3 Å². The third-order valence-electron chi connectivity index (χ3n) is 4.56. The number of fused-ring (bicyclic) bond motifs is 1. The van der Waals surface area contributed by atoms with Gasteiger partial charge in [-0.25, -0.2) is 9.97 Å². The molecule has 1 aromatic carbocycles. The zero-order valence-electron chi connectivity index (χ0n) is 14.5. The van der Waals surface area contributed by atoms with Gasteiger partial charge in [-0.3, -0.25) is 0 Å². The molecule has 2 aromatic heterocycles. The number of nitrogens with zero attached hydrogens (tertiary/aromatic N) is 3. The number of aromatic nitrogens is 2. The largest absolute Gasteiger partial charge is 0.373 e. The summed E-state index contributed by atoms with van der Waals surface area (Å²) in [4.78, 5) is 12.9. The molecule has 0 amide bonds. The molecule has 25 heavy (non-hydrogen) atoms. The molecule has 1 aliphatic heterocycles. The predicted molar refractivity (Wildman–Crippen MR) is 103 cm³/mol. The fourth-order valence-corrected chi connectivity index (χ4v) is 3.78. The smallest absolute Gasteiger partial charge is 0.172 e. The van der Waals surface area contributed by atoms with Gasteiger partial charge >= 0.3 is 0 Å².